The first kappa shape index (κ1) is 19.6. The molecule has 2 saturated carbocycles. The first-order valence-electron chi connectivity index (χ1n) is 10.7. The minimum Gasteiger partial charge on any atom is -0.238 e. The Labute approximate surface area is 154 Å². The molecular weight excluding hydrogens is 336 g/mol. The molecule has 0 N–H and O–H groups in total. The van der Waals surface area contributed by atoms with Gasteiger partial charge in [-0.25, -0.2) is 8.37 Å². The van der Waals surface area contributed by atoms with Crippen LogP contribution in [-0.2, 0) is 18.8 Å². The van der Waals surface area contributed by atoms with Crippen molar-refractivity contribution in [2.24, 2.45) is 0 Å². The summed E-state index contributed by atoms with van der Waals surface area (Å²) < 4.78 is 36.5. The molecule has 1 heterocycles. The van der Waals surface area contributed by atoms with Gasteiger partial charge in [-0.15, -0.1) is 0 Å². The van der Waals surface area contributed by atoms with Crippen molar-refractivity contribution in [1.82, 2.24) is 0 Å². The Morgan fingerprint density at radius 2 is 0.680 bits per heavy atom. The third-order valence-electron chi connectivity index (χ3n) is 6.68. The molecule has 3 fully saturated rings. The van der Waals surface area contributed by atoms with Gasteiger partial charge in [-0.05, 0) is 25.7 Å². The van der Waals surface area contributed by atoms with Gasteiger partial charge < -0.3 is 0 Å². The minimum absolute atomic E-state index is 0.609. The van der Waals surface area contributed by atoms with Gasteiger partial charge in [-0.1, -0.05) is 89.9 Å². The lowest BCUT2D eigenvalue weighted by atomic mass is 9.70. The van der Waals surface area contributed by atoms with E-state index in [4.69, 9.17) is 8.37 Å². The molecule has 0 unspecified atom stereocenters. The number of hydrogen-bond acceptors (Lipinski definition) is 4. The van der Waals surface area contributed by atoms with E-state index in [9.17, 15) is 8.42 Å². The van der Waals surface area contributed by atoms with E-state index in [0.29, 0.717) is 0 Å². The van der Waals surface area contributed by atoms with Crippen LogP contribution in [0.5, 0.6) is 0 Å². The van der Waals surface area contributed by atoms with E-state index in [1.165, 1.54) is 64.2 Å². The highest BCUT2D eigenvalue weighted by atomic mass is 32.3. The summed E-state index contributed by atoms with van der Waals surface area (Å²) >= 11 is 0. The van der Waals surface area contributed by atoms with Crippen LogP contribution in [0.25, 0.3) is 0 Å². The summed E-state index contributed by atoms with van der Waals surface area (Å²) in [6, 6.07) is 0. The van der Waals surface area contributed by atoms with Crippen molar-refractivity contribution in [2.45, 2.75) is 127 Å². The second-order valence-electron chi connectivity index (χ2n) is 8.51. The Kier molecular flexibility index (Phi) is 6.83. The summed E-state index contributed by atoms with van der Waals surface area (Å²) in [5.41, 5.74) is -1.22. The molecule has 3 rings (SSSR count). The summed E-state index contributed by atoms with van der Waals surface area (Å²) in [5, 5.41) is 0. The van der Waals surface area contributed by atoms with E-state index in [1.54, 1.807) is 0 Å². The minimum atomic E-state index is -3.86. The van der Waals surface area contributed by atoms with Crippen LogP contribution in [0.3, 0.4) is 0 Å². The van der Waals surface area contributed by atoms with Gasteiger partial charge in [0, 0.05) is 0 Å². The molecule has 0 atom stereocenters. The third-order valence-corrected chi connectivity index (χ3v) is 7.72. The standard InChI is InChI=1S/C20H36O4S/c21-25(22)23-19(15-11-7-3-1-4-8-12-16-19)20(24-25)17-13-9-5-2-6-10-14-18-20/h1-18H2. The maximum absolute atomic E-state index is 12.4. The molecule has 2 spiro atoms. The van der Waals surface area contributed by atoms with Gasteiger partial charge in [0.15, 0.2) is 0 Å². The Hall–Kier alpha value is -0.130. The van der Waals surface area contributed by atoms with Crippen molar-refractivity contribution in [3.63, 3.8) is 0 Å². The van der Waals surface area contributed by atoms with Crippen LogP contribution < -0.4 is 0 Å². The molecule has 0 aromatic carbocycles. The van der Waals surface area contributed by atoms with E-state index in [2.05, 4.69) is 0 Å². The van der Waals surface area contributed by atoms with Crippen LogP contribution in [0.15, 0.2) is 0 Å². The molecule has 5 heteroatoms. The number of rotatable bonds is 0. The lowest BCUT2D eigenvalue weighted by Crippen LogP contribution is -2.52. The van der Waals surface area contributed by atoms with E-state index >= 15 is 0 Å². The van der Waals surface area contributed by atoms with Crippen LogP contribution in [0.1, 0.15) is 116 Å². The lowest BCUT2D eigenvalue weighted by Gasteiger charge is -2.42. The van der Waals surface area contributed by atoms with Gasteiger partial charge in [0.05, 0.1) is 0 Å². The zero-order valence-corrected chi connectivity index (χ0v) is 16.6. The Bertz CT molecular complexity index is 454. The zero-order valence-electron chi connectivity index (χ0n) is 15.8. The first-order valence-corrected chi connectivity index (χ1v) is 12.1. The SMILES string of the molecule is O=S1(=O)OC2(CCCCCCCCC2)C2(CCCCCCCCC2)O1. The maximum atomic E-state index is 12.4. The summed E-state index contributed by atoms with van der Waals surface area (Å²) in [6.45, 7) is 0. The molecule has 146 valence electrons. The van der Waals surface area contributed by atoms with Crippen LogP contribution in [0.2, 0.25) is 0 Å². The van der Waals surface area contributed by atoms with Crippen LogP contribution in [-0.4, -0.2) is 19.6 Å². The van der Waals surface area contributed by atoms with Crippen LogP contribution >= 0.6 is 0 Å². The number of fused-ring (bicyclic) bond motifs is 1. The highest BCUT2D eigenvalue weighted by molar-refractivity contribution is 7.82. The van der Waals surface area contributed by atoms with Crippen molar-refractivity contribution in [3.8, 4) is 0 Å². The smallest absolute Gasteiger partial charge is 0.238 e. The van der Waals surface area contributed by atoms with Gasteiger partial charge in [0.25, 0.3) is 0 Å². The van der Waals surface area contributed by atoms with Crippen LogP contribution in [0.4, 0.5) is 0 Å². The van der Waals surface area contributed by atoms with Gasteiger partial charge in [0.1, 0.15) is 11.2 Å². The van der Waals surface area contributed by atoms with Crippen LogP contribution in [0, 0.1) is 0 Å². The Morgan fingerprint density at radius 3 is 0.960 bits per heavy atom. The van der Waals surface area contributed by atoms with E-state index in [0.717, 1.165) is 51.4 Å². The van der Waals surface area contributed by atoms with Crippen molar-refractivity contribution < 1.29 is 16.8 Å². The topological polar surface area (TPSA) is 52.6 Å². The molecule has 2 aliphatic carbocycles. The Morgan fingerprint density at radius 1 is 0.440 bits per heavy atom. The first-order chi connectivity index (χ1) is 12.1. The summed E-state index contributed by atoms with van der Waals surface area (Å²) in [4.78, 5) is 0. The molecule has 0 radical (unpaired) electrons. The highest BCUT2D eigenvalue weighted by Gasteiger charge is 2.62. The molecule has 0 amide bonds. The second-order valence-corrected chi connectivity index (χ2v) is 9.66. The fourth-order valence-electron chi connectivity index (χ4n) is 5.30. The zero-order chi connectivity index (χ0) is 17.6. The molecule has 0 aromatic rings. The average Bonchev–Trinajstić information content (AvgIpc) is 2.80. The maximum Gasteiger partial charge on any atom is 0.401 e. The highest BCUT2D eigenvalue weighted by Crippen LogP contribution is 2.52. The van der Waals surface area contributed by atoms with Crippen molar-refractivity contribution in [2.75, 3.05) is 0 Å². The monoisotopic (exact) mass is 372 g/mol. The van der Waals surface area contributed by atoms with Gasteiger partial charge in [-0.2, -0.15) is 8.42 Å². The fourth-order valence-corrected chi connectivity index (χ4v) is 6.75. The molecule has 1 saturated heterocycles. The fraction of sp³-hybridized carbons (Fsp3) is 1.00. The van der Waals surface area contributed by atoms with Crippen molar-refractivity contribution in [1.29, 1.82) is 0 Å². The largest absolute Gasteiger partial charge is 0.401 e. The molecule has 0 bridgehead atoms. The van der Waals surface area contributed by atoms with Gasteiger partial charge >= 0.3 is 10.4 Å². The molecule has 1 aliphatic heterocycles. The molecular formula is C20H36O4S. The molecule has 25 heavy (non-hydrogen) atoms. The molecule has 0 aromatic heterocycles. The van der Waals surface area contributed by atoms with E-state index in [-0.39, 0.29) is 0 Å². The average molecular weight is 373 g/mol. The molecule has 4 nitrogen and oxygen atoms in total. The van der Waals surface area contributed by atoms with Gasteiger partial charge in [-0.3, -0.25) is 0 Å². The summed E-state index contributed by atoms with van der Waals surface area (Å²) in [6.07, 6.45) is 20.0. The second kappa shape index (κ2) is 8.71. The predicted molar refractivity (Wildman–Crippen MR) is 99.7 cm³/mol. The summed E-state index contributed by atoms with van der Waals surface area (Å²) in [5.74, 6) is 0. The van der Waals surface area contributed by atoms with E-state index < -0.39 is 21.6 Å². The van der Waals surface area contributed by atoms with Crippen molar-refractivity contribution >= 4 is 10.4 Å². The Balaban J connectivity index is 1.87. The number of hydrogen-bond donors (Lipinski definition) is 0. The lowest BCUT2D eigenvalue weighted by molar-refractivity contribution is -0.0778. The summed E-state index contributed by atoms with van der Waals surface area (Å²) in [7, 11) is -3.86. The third kappa shape index (κ3) is 4.78. The van der Waals surface area contributed by atoms with Crippen molar-refractivity contribution in [3.05, 3.63) is 0 Å². The quantitative estimate of drug-likeness (QED) is 0.539. The molecule has 3 aliphatic rings. The normalized spacial score (nSPS) is 30.9. The van der Waals surface area contributed by atoms with E-state index in [1.807, 2.05) is 0 Å². The predicted octanol–water partition coefficient (Wildman–Crippen LogP) is 5.80. The van der Waals surface area contributed by atoms with Gasteiger partial charge in [0.2, 0.25) is 0 Å².